The van der Waals surface area contributed by atoms with Crippen LogP contribution in [-0.2, 0) is 6.54 Å². The number of hydrogen-bond donors (Lipinski definition) is 2. The van der Waals surface area contributed by atoms with Crippen LogP contribution in [0.15, 0.2) is 12.4 Å². The Bertz CT molecular complexity index is 392. The molecule has 0 atom stereocenters. The Labute approximate surface area is 116 Å². The normalized spacial score (nSPS) is 27.9. The number of aromatic nitrogens is 2. The molecule has 19 heavy (non-hydrogen) atoms. The van der Waals surface area contributed by atoms with Gasteiger partial charge in [0.2, 0.25) is 0 Å². The van der Waals surface area contributed by atoms with E-state index in [0.717, 1.165) is 38.1 Å². The maximum atomic E-state index is 10.5. The molecule has 108 valence electrons. The summed E-state index contributed by atoms with van der Waals surface area (Å²) in [6, 6.07) is 0.401. The molecular weight excluding hydrogens is 238 g/mol. The van der Waals surface area contributed by atoms with Crippen LogP contribution in [0.2, 0.25) is 0 Å². The molecule has 1 aromatic rings. The lowest BCUT2D eigenvalue weighted by molar-refractivity contribution is -0.00630. The second kappa shape index (κ2) is 6.06. The van der Waals surface area contributed by atoms with Crippen molar-refractivity contribution >= 4 is 0 Å². The highest BCUT2D eigenvalue weighted by atomic mass is 16.3. The molecule has 0 amide bonds. The lowest BCUT2D eigenvalue weighted by Gasteiger charge is -2.35. The fourth-order valence-electron chi connectivity index (χ4n) is 2.67. The molecule has 0 saturated heterocycles. The van der Waals surface area contributed by atoms with Crippen molar-refractivity contribution in [1.82, 2.24) is 15.1 Å². The quantitative estimate of drug-likeness (QED) is 0.860. The highest BCUT2D eigenvalue weighted by Crippen LogP contribution is 2.31. The fraction of sp³-hybridized carbons (Fsp3) is 0.800. The van der Waals surface area contributed by atoms with Crippen LogP contribution in [0.1, 0.15) is 58.1 Å². The molecule has 2 rings (SSSR count). The van der Waals surface area contributed by atoms with E-state index in [4.69, 9.17) is 0 Å². The van der Waals surface area contributed by atoms with Gasteiger partial charge >= 0.3 is 0 Å². The van der Waals surface area contributed by atoms with Crippen molar-refractivity contribution in [3.8, 4) is 0 Å². The van der Waals surface area contributed by atoms with Gasteiger partial charge in [-0.1, -0.05) is 6.92 Å². The lowest BCUT2D eigenvalue weighted by Crippen LogP contribution is -2.43. The van der Waals surface area contributed by atoms with Crippen LogP contribution in [0.4, 0.5) is 0 Å². The summed E-state index contributed by atoms with van der Waals surface area (Å²) in [4.78, 5) is 0. The summed E-state index contributed by atoms with van der Waals surface area (Å²) < 4.78 is 1.97. The van der Waals surface area contributed by atoms with Gasteiger partial charge in [-0.3, -0.25) is 4.68 Å². The molecule has 2 N–H and O–H groups in total. The zero-order valence-electron chi connectivity index (χ0n) is 12.4. The molecule has 0 spiro atoms. The third-order valence-electron chi connectivity index (χ3n) is 4.17. The standard InChI is InChI=1S/C15H27N3O/c1-12(2)18-10-14(9-17-18)8-16-11-15(19)6-4-13(3)5-7-15/h9-10,12-13,16,19H,4-8,11H2,1-3H3. The van der Waals surface area contributed by atoms with E-state index in [1.165, 1.54) is 5.56 Å². The summed E-state index contributed by atoms with van der Waals surface area (Å²) >= 11 is 0. The molecule has 1 aliphatic carbocycles. The molecule has 0 unspecified atom stereocenters. The van der Waals surface area contributed by atoms with E-state index in [2.05, 4.69) is 37.4 Å². The predicted molar refractivity (Wildman–Crippen MR) is 76.9 cm³/mol. The lowest BCUT2D eigenvalue weighted by atomic mass is 9.79. The van der Waals surface area contributed by atoms with E-state index in [-0.39, 0.29) is 0 Å². The van der Waals surface area contributed by atoms with Crippen LogP contribution in [0, 0.1) is 5.92 Å². The number of nitrogens with one attached hydrogen (secondary N) is 1. The first-order chi connectivity index (χ1) is 8.98. The number of hydrogen-bond acceptors (Lipinski definition) is 3. The van der Waals surface area contributed by atoms with Gasteiger partial charge in [0.25, 0.3) is 0 Å². The number of nitrogens with zero attached hydrogens (tertiary/aromatic N) is 2. The first-order valence-electron chi connectivity index (χ1n) is 7.45. The van der Waals surface area contributed by atoms with E-state index < -0.39 is 5.60 Å². The Hall–Kier alpha value is -0.870. The van der Waals surface area contributed by atoms with Crippen molar-refractivity contribution < 1.29 is 5.11 Å². The molecule has 4 nitrogen and oxygen atoms in total. The Kier molecular flexibility index (Phi) is 4.63. The first-order valence-corrected chi connectivity index (χ1v) is 7.45. The van der Waals surface area contributed by atoms with Gasteiger partial charge in [0.05, 0.1) is 11.8 Å². The molecular formula is C15H27N3O. The van der Waals surface area contributed by atoms with Crippen LogP contribution in [-0.4, -0.2) is 27.0 Å². The van der Waals surface area contributed by atoms with Gasteiger partial charge < -0.3 is 10.4 Å². The first kappa shape index (κ1) is 14.5. The van der Waals surface area contributed by atoms with E-state index in [1.54, 1.807) is 0 Å². The summed E-state index contributed by atoms with van der Waals surface area (Å²) in [6.45, 7) is 7.98. The second-order valence-electron chi connectivity index (χ2n) is 6.43. The van der Waals surface area contributed by atoms with Crippen molar-refractivity contribution in [2.24, 2.45) is 5.92 Å². The highest BCUT2D eigenvalue weighted by Gasteiger charge is 2.31. The summed E-state index contributed by atoms with van der Waals surface area (Å²) in [6.07, 6.45) is 8.11. The molecule has 1 fully saturated rings. The van der Waals surface area contributed by atoms with Crippen LogP contribution in [0.3, 0.4) is 0 Å². The van der Waals surface area contributed by atoms with E-state index in [1.807, 2.05) is 10.9 Å². The minimum Gasteiger partial charge on any atom is -0.389 e. The van der Waals surface area contributed by atoms with E-state index in [0.29, 0.717) is 12.6 Å². The molecule has 0 bridgehead atoms. The Morgan fingerprint density at radius 1 is 1.47 bits per heavy atom. The smallest absolute Gasteiger partial charge is 0.0771 e. The summed E-state index contributed by atoms with van der Waals surface area (Å²) in [5.41, 5.74) is 0.682. The van der Waals surface area contributed by atoms with Crippen LogP contribution in [0.5, 0.6) is 0 Å². The molecule has 4 heteroatoms. The van der Waals surface area contributed by atoms with Crippen LogP contribution < -0.4 is 5.32 Å². The van der Waals surface area contributed by atoms with Gasteiger partial charge in [0, 0.05) is 30.9 Å². The molecule has 1 aromatic heterocycles. The average molecular weight is 265 g/mol. The molecule has 1 heterocycles. The summed E-state index contributed by atoms with van der Waals surface area (Å²) in [5, 5.41) is 18.2. The zero-order chi connectivity index (χ0) is 13.9. The average Bonchev–Trinajstić information content (AvgIpc) is 2.82. The van der Waals surface area contributed by atoms with Crippen molar-refractivity contribution in [1.29, 1.82) is 0 Å². The van der Waals surface area contributed by atoms with Crippen molar-refractivity contribution in [3.63, 3.8) is 0 Å². The predicted octanol–water partition coefficient (Wildman–Crippen LogP) is 2.49. The van der Waals surface area contributed by atoms with Gasteiger partial charge in [-0.15, -0.1) is 0 Å². The van der Waals surface area contributed by atoms with Gasteiger partial charge in [0.1, 0.15) is 0 Å². The molecule has 1 aliphatic rings. The largest absolute Gasteiger partial charge is 0.389 e. The van der Waals surface area contributed by atoms with E-state index in [9.17, 15) is 5.11 Å². The van der Waals surface area contributed by atoms with Gasteiger partial charge in [-0.25, -0.2) is 0 Å². The number of aliphatic hydroxyl groups is 1. The minimum absolute atomic E-state index is 0.401. The highest BCUT2D eigenvalue weighted by molar-refractivity contribution is 5.04. The number of rotatable bonds is 5. The molecule has 0 radical (unpaired) electrons. The second-order valence-corrected chi connectivity index (χ2v) is 6.43. The monoisotopic (exact) mass is 265 g/mol. The van der Waals surface area contributed by atoms with Gasteiger partial charge in [-0.2, -0.15) is 5.10 Å². The fourth-order valence-corrected chi connectivity index (χ4v) is 2.67. The SMILES string of the molecule is CC1CCC(O)(CNCc2cnn(C(C)C)c2)CC1. The van der Waals surface area contributed by atoms with Crippen molar-refractivity contribution in [2.45, 2.75) is 64.6 Å². The summed E-state index contributed by atoms with van der Waals surface area (Å²) in [5.74, 6) is 0.768. The van der Waals surface area contributed by atoms with Gasteiger partial charge in [0.15, 0.2) is 0 Å². The Morgan fingerprint density at radius 3 is 2.74 bits per heavy atom. The molecule has 0 aliphatic heterocycles. The van der Waals surface area contributed by atoms with Crippen LogP contribution in [0.25, 0.3) is 0 Å². The minimum atomic E-state index is -0.499. The maximum absolute atomic E-state index is 10.5. The Morgan fingerprint density at radius 2 is 2.16 bits per heavy atom. The third kappa shape index (κ3) is 4.05. The molecule has 1 saturated carbocycles. The third-order valence-corrected chi connectivity index (χ3v) is 4.17. The Balaban J connectivity index is 1.76. The van der Waals surface area contributed by atoms with E-state index >= 15 is 0 Å². The zero-order valence-corrected chi connectivity index (χ0v) is 12.4. The van der Waals surface area contributed by atoms with Crippen LogP contribution >= 0.6 is 0 Å². The maximum Gasteiger partial charge on any atom is 0.0771 e. The van der Waals surface area contributed by atoms with Gasteiger partial charge in [-0.05, 0) is 45.4 Å². The van der Waals surface area contributed by atoms with Crippen molar-refractivity contribution in [3.05, 3.63) is 18.0 Å². The van der Waals surface area contributed by atoms with Crippen molar-refractivity contribution in [2.75, 3.05) is 6.54 Å². The summed E-state index contributed by atoms with van der Waals surface area (Å²) in [7, 11) is 0. The molecule has 0 aromatic carbocycles. The topological polar surface area (TPSA) is 50.1 Å².